The molecule has 3 atom stereocenters. The van der Waals surface area contributed by atoms with Crippen molar-refractivity contribution in [3.05, 3.63) is 0 Å². The molecule has 2 aliphatic heterocycles. The first-order valence-corrected chi connectivity index (χ1v) is 4.99. The highest BCUT2D eigenvalue weighted by Gasteiger charge is 2.53. The molecule has 0 aromatic heterocycles. The molecule has 2 N–H and O–H groups in total. The van der Waals surface area contributed by atoms with Crippen LogP contribution in [0, 0.1) is 0 Å². The number of aliphatic hydroxyl groups excluding tert-OH is 1. The second kappa shape index (κ2) is 3.25. The van der Waals surface area contributed by atoms with Crippen molar-refractivity contribution in [2.45, 2.75) is 24.2 Å². The normalized spacial score (nSPS) is 41.4. The minimum absolute atomic E-state index is 0.125. The number of carbonyl (C=O) groups is 1. The molecule has 2 heterocycles. The molecule has 0 spiro atoms. The van der Waals surface area contributed by atoms with E-state index in [-0.39, 0.29) is 31.2 Å². The molecule has 1 unspecified atom stereocenters. The van der Waals surface area contributed by atoms with Gasteiger partial charge in [0, 0.05) is 6.42 Å². The molecule has 0 aromatic rings. The van der Waals surface area contributed by atoms with Crippen molar-refractivity contribution < 1.29 is 19.7 Å². The van der Waals surface area contributed by atoms with E-state index in [1.807, 2.05) is 0 Å². The van der Waals surface area contributed by atoms with Crippen LogP contribution in [0.15, 0.2) is 0 Å². The molecule has 0 bridgehead atoms. The smallest absolute Gasteiger partial charge is 0.410 e. The van der Waals surface area contributed by atoms with Crippen LogP contribution < -0.4 is 0 Å². The number of rotatable bonds is 2. The fraction of sp³-hybridized carbons (Fsp3) is 0.875. The Bertz CT molecular complexity index is 262. The van der Waals surface area contributed by atoms with Crippen molar-refractivity contribution in [3.63, 3.8) is 0 Å². The first-order chi connectivity index (χ1) is 6.59. The summed E-state index contributed by atoms with van der Waals surface area (Å²) in [5, 5.41) is 18.8. The van der Waals surface area contributed by atoms with Crippen LogP contribution in [-0.2, 0) is 4.74 Å². The van der Waals surface area contributed by atoms with Gasteiger partial charge in [0.05, 0.1) is 25.1 Å². The highest BCUT2D eigenvalue weighted by molar-refractivity contribution is 6.18. The summed E-state index contributed by atoms with van der Waals surface area (Å²) in [6, 6.07) is -0.197. The molecule has 2 rings (SSSR count). The van der Waals surface area contributed by atoms with E-state index in [2.05, 4.69) is 0 Å². The van der Waals surface area contributed by atoms with Crippen LogP contribution in [0.3, 0.4) is 0 Å². The molecular formula is C8H12ClNO4. The third-order valence-electron chi connectivity index (χ3n) is 2.82. The highest BCUT2D eigenvalue weighted by atomic mass is 35.5. The molecule has 5 nitrogen and oxygen atoms in total. The standard InChI is InChI=1S/C8H12ClNO4/c9-2-6-5-1-8(13,4-11)3-10(5)7(12)14-6/h5-6,11,13H,1-4H2/t5-,6-,8?/m1/s1. The summed E-state index contributed by atoms with van der Waals surface area (Å²) in [6.07, 6.45) is -0.498. The van der Waals surface area contributed by atoms with Crippen molar-refractivity contribution >= 4 is 17.7 Å². The fourth-order valence-corrected chi connectivity index (χ4v) is 2.32. The number of fused-ring (bicyclic) bond motifs is 1. The molecule has 2 aliphatic rings. The number of aliphatic hydroxyl groups is 2. The van der Waals surface area contributed by atoms with Crippen LogP contribution in [0.5, 0.6) is 0 Å². The minimum atomic E-state index is -1.19. The first-order valence-electron chi connectivity index (χ1n) is 4.46. The van der Waals surface area contributed by atoms with Gasteiger partial charge in [-0.25, -0.2) is 4.79 Å². The zero-order chi connectivity index (χ0) is 10.3. The second-order valence-corrected chi connectivity index (χ2v) is 4.17. The van der Waals surface area contributed by atoms with Gasteiger partial charge in [-0.1, -0.05) is 0 Å². The van der Waals surface area contributed by atoms with Gasteiger partial charge in [-0.2, -0.15) is 0 Å². The van der Waals surface area contributed by atoms with E-state index in [0.29, 0.717) is 6.42 Å². The Morgan fingerprint density at radius 1 is 1.71 bits per heavy atom. The lowest BCUT2D eigenvalue weighted by atomic mass is 9.99. The first kappa shape index (κ1) is 10.0. The van der Waals surface area contributed by atoms with E-state index in [0.717, 1.165) is 0 Å². The SMILES string of the molecule is O=C1O[C@H](CCl)[C@H]2CC(O)(CO)CN12. The number of cyclic esters (lactones) is 1. The number of carbonyl (C=O) groups excluding carboxylic acids is 1. The van der Waals surface area contributed by atoms with Crippen molar-refractivity contribution in [2.24, 2.45) is 0 Å². The number of amides is 1. The van der Waals surface area contributed by atoms with E-state index >= 15 is 0 Å². The Hall–Kier alpha value is -0.520. The monoisotopic (exact) mass is 221 g/mol. The second-order valence-electron chi connectivity index (χ2n) is 3.86. The number of hydrogen-bond acceptors (Lipinski definition) is 4. The maximum absolute atomic E-state index is 11.3. The number of halogens is 1. The quantitative estimate of drug-likeness (QED) is 0.620. The van der Waals surface area contributed by atoms with E-state index < -0.39 is 11.7 Å². The van der Waals surface area contributed by atoms with Crippen LogP contribution in [0.2, 0.25) is 0 Å². The summed E-state index contributed by atoms with van der Waals surface area (Å²) in [5.74, 6) is 0.217. The summed E-state index contributed by atoms with van der Waals surface area (Å²) in [6.45, 7) is -0.220. The van der Waals surface area contributed by atoms with Gasteiger partial charge >= 0.3 is 6.09 Å². The third-order valence-corrected chi connectivity index (χ3v) is 3.12. The molecule has 6 heteroatoms. The fourth-order valence-electron chi connectivity index (χ4n) is 2.06. The molecule has 0 aliphatic carbocycles. The van der Waals surface area contributed by atoms with Crippen LogP contribution in [0.1, 0.15) is 6.42 Å². The summed E-state index contributed by atoms with van der Waals surface area (Å²) < 4.78 is 4.98. The molecule has 2 fully saturated rings. The molecule has 1 amide bonds. The Balaban J connectivity index is 2.15. The Morgan fingerprint density at radius 3 is 3.00 bits per heavy atom. The molecule has 0 radical (unpaired) electrons. The topological polar surface area (TPSA) is 70.0 Å². The minimum Gasteiger partial charge on any atom is -0.443 e. The van der Waals surface area contributed by atoms with Crippen LogP contribution in [0.25, 0.3) is 0 Å². The molecule has 2 saturated heterocycles. The van der Waals surface area contributed by atoms with Crippen LogP contribution in [-0.4, -0.2) is 58.0 Å². The lowest BCUT2D eigenvalue weighted by molar-refractivity contribution is -0.0106. The number of nitrogens with zero attached hydrogens (tertiary/aromatic N) is 1. The van der Waals surface area contributed by atoms with Gasteiger partial charge in [-0.15, -0.1) is 11.6 Å². The van der Waals surface area contributed by atoms with Crippen molar-refractivity contribution in [3.8, 4) is 0 Å². The van der Waals surface area contributed by atoms with Crippen LogP contribution in [0.4, 0.5) is 4.79 Å². The number of ether oxygens (including phenoxy) is 1. The van der Waals surface area contributed by atoms with Crippen LogP contribution >= 0.6 is 11.6 Å². The van der Waals surface area contributed by atoms with Gasteiger partial charge in [-0.3, -0.25) is 4.90 Å². The molecule has 0 aromatic carbocycles. The van der Waals surface area contributed by atoms with E-state index in [1.165, 1.54) is 4.90 Å². The van der Waals surface area contributed by atoms with Gasteiger partial charge in [0.2, 0.25) is 0 Å². The Morgan fingerprint density at radius 2 is 2.43 bits per heavy atom. The van der Waals surface area contributed by atoms with Gasteiger partial charge in [0.15, 0.2) is 0 Å². The summed E-state index contributed by atoms with van der Waals surface area (Å²) in [5.41, 5.74) is -1.19. The van der Waals surface area contributed by atoms with E-state index in [9.17, 15) is 9.90 Å². The van der Waals surface area contributed by atoms with Gasteiger partial charge in [-0.05, 0) is 0 Å². The van der Waals surface area contributed by atoms with E-state index in [4.69, 9.17) is 21.4 Å². The maximum atomic E-state index is 11.3. The predicted octanol–water partition coefficient (Wildman–Crippen LogP) is -0.458. The zero-order valence-electron chi connectivity index (χ0n) is 7.52. The Kier molecular flexibility index (Phi) is 2.33. The lowest BCUT2D eigenvalue weighted by Crippen LogP contribution is -2.38. The van der Waals surface area contributed by atoms with E-state index in [1.54, 1.807) is 0 Å². The summed E-state index contributed by atoms with van der Waals surface area (Å²) >= 11 is 5.63. The zero-order valence-corrected chi connectivity index (χ0v) is 8.28. The summed E-state index contributed by atoms with van der Waals surface area (Å²) in [4.78, 5) is 12.7. The van der Waals surface area contributed by atoms with Crippen molar-refractivity contribution in [1.29, 1.82) is 0 Å². The molecular weight excluding hydrogens is 210 g/mol. The number of hydrogen-bond donors (Lipinski definition) is 2. The number of alkyl halides is 1. The summed E-state index contributed by atoms with van der Waals surface area (Å²) in [7, 11) is 0. The largest absolute Gasteiger partial charge is 0.443 e. The highest BCUT2D eigenvalue weighted by Crippen LogP contribution is 2.35. The lowest BCUT2D eigenvalue weighted by Gasteiger charge is -2.19. The van der Waals surface area contributed by atoms with Gasteiger partial charge in [0.1, 0.15) is 11.7 Å². The average Bonchev–Trinajstić information content (AvgIpc) is 2.65. The molecule has 14 heavy (non-hydrogen) atoms. The van der Waals surface area contributed by atoms with Gasteiger partial charge < -0.3 is 14.9 Å². The third kappa shape index (κ3) is 1.36. The van der Waals surface area contributed by atoms with Crippen molar-refractivity contribution in [1.82, 2.24) is 4.90 Å². The molecule has 0 saturated carbocycles. The Labute approximate surface area is 86.2 Å². The maximum Gasteiger partial charge on any atom is 0.410 e. The predicted molar refractivity (Wildman–Crippen MR) is 48.1 cm³/mol. The molecule has 80 valence electrons. The average molecular weight is 222 g/mol. The van der Waals surface area contributed by atoms with Crippen molar-refractivity contribution in [2.75, 3.05) is 19.0 Å². The van der Waals surface area contributed by atoms with Gasteiger partial charge in [0.25, 0.3) is 0 Å².